The highest BCUT2D eigenvalue weighted by Gasteiger charge is 2.20. The van der Waals surface area contributed by atoms with Crippen LogP contribution in [0.4, 0.5) is 0 Å². The standard InChI is InChI=1S/C20H27NO3S/c1-5-8-11-21-15(4)14-25-20(21)13-18(22)17-12-16(23-6-2)9-10-19(17)24-7-3/h9-10,12-14H,5-8,11H2,1-4H3/b20-13-. The van der Waals surface area contributed by atoms with Crippen LogP contribution in [0.3, 0.4) is 0 Å². The van der Waals surface area contributed by atoms with Crippen LogP contribution in [-0.2, 0) is 0 Å². The van der Waals surface area contributed by atoms with Gasteiger partial charge in [0.15, 0.2) is 5.78 Å². The van der Waals surface area contributed by atoms with Crippen molar-refractivity contribution in [2.75, 3.05) is 19.8 Å². The van der Waals surface area contributed by atoms with Crippen molar-refractivity contribution in [1.29, 1.82) is 0 Å². The molecule has 1 aliphatic heterocycles. The number of ketones is 1. The summed E-state index contributed by atoms with van der Waals surface area (Å²) in [6.07, 6.45) is 3.93. The average molecular weight is 362 g/mol. The van der Waals surface area contributed by atoms with Gasteiger partial charge in [0, 0.05) is 18.3 Å². The number of thioether (sulfide) groups is 1. The van der Waals surface area contributed by atoms with Gasteiger partial charge < -0.3 is 14.4 Å². The van der Waals surface area contributed by atoms with E-state index in [1.54, 1.807) is 30.0 Å². The fourth-order valence-corrected chi connectivity index (χ4v) is 3.55. The maximum Gasteiger partial charge on any atom is 0.192 e. The van der Waals surface area contributed by atoms with Crippen molar-refractivity contribution in [1.82, 2.24) is 4.90 Å². The third-order valence-corrected chi connectivity index (χ3v) is 4.90. The fraction of sp³-hybridized carbons (Fsp3) is 0.450. The minimum atomic E-state index is -0.0582. The average Bonchev–Trinajstić information content (AvgIpc) is 2.94. The van der Waals surface area contributed by atoms with Crippen LogP contribution in [0.2, 0.25) is 0 Å². The van der Waals surface area contributed by atoms with Gasteiger partial charge >= 0.3 is 0 Å². The molecule has 0 saturated heterocycles. The Morgan fingerprint density at radius 1 is 1.20 bits per heavy atom. The van der Waals surface area contributed by atoms with Crippen LogP contribution in [0.25, 0.3) is 0 Å². The van der Waals surface area contributed by atoms with E-state index >= 15 is 0 Å². The molecule has 0 N–H and O–H groups in total. The lowest BCUT2D eigenvalue weighted by atomic mass is 10.1. The van der Waals surface area contributed by atoms with Gasteiger partial charge in [0.05, 0.1) is 23.8 Å². The van der Waals surface area contributed by atoms with E-state index < -0.39 is 0 Å². The third-order valence-electron chi connectivity index (χ3n) is 3.86. The summed E-state index contributed by atoms with van der Waals surface area (Å²) >= 11 is 1.60. The number of rotatable bonds is 9. The number of unbranched alkanes of at least 4 members (excludes halogenated alkanes) is 1. The molecular weight excluding hydrogens is 334 g/mol. The molecule has 0 bridgehead atoms. The van der Waals surface area contributed by atoms with Crippen LogP contribution in [0.1, 0.15) is 50.9 Å². The molecule has 2 rings (SSSR count). The highest BCUT2D eigenvalue weighted by atomic mass is 32.2. The van der Waals surface area contributed by atoms with Crippen molar-refractivity contribution in [2.24, 2.45) is 0 Å². The molecule has 4 nitrogen and oxygen atoms in total. The van der Waals surface area contributed by atoms with Crippen molar-refractivity contribution in [3.63, 3.8) is 0 Å². The number of ether oxygens (including phenoxy) is 2. The first kappa shape index (κ1) is 19.4. The first-order valence-corrected chi connectivity index (χ1v) is 9.75. The second kappa shape index (κ2) is 9.56. The molecule has 1 heterocycles. The summed E-state index contributed by atoms with van der Waals surface area (Å²) in [5.41, 5.74) is 1.73. The second-order valence-electron chi connectivity index (χ2n) is 5.75. The van der Waals surface area contributed by atoms with Crippen LogP contribution in [0.5, 0.6) is 11.5 Å². The Balaban J connectivity index is 2.27. The summed E-state index contributed by atoms with van der Waals surface area (Å²) < 4.78 is 11.2. The van der Waals surface area contributed by atoms with Gasteiger partial charge in [0.1, 0.15) is 11.5 Å². The number of carbonyl (C=O) groups excluding carboxylic acids is 1. The first-order valence-electron chi connectivity index (χ1n) is 8.87. The molecule has 0 unspecified atom stereocenters. The number of benzene rings is 1. The van der Waals surface area contributed by atoms with Gasteiger partial charge in [0.2, 0.25) is 0 Å². The minimum Gasteiger partial charge on any atom is -0.494 e. The van der Waals surface area contributed by atoms with E-state index in [4.69, 9.17) is 9.47 Å². The summed E-state index contributed by atoms with van der Waals surface area (Å²) in [6.45, 7) is 10.1. The second-order valence-corrected chi connectivity index (χ2v) is 6.64. The zero-order valence-corrected chi connectivity index (χ0v) is 16.3. The molecule has 0 aliphatic carbocycles. The van der Waals surface area contributed by atoms with Crippen molar-refractivity contribution in [2.45, 2.75) is 40.5 Å². The van der Waals surface area contributed by atoms with E-state index in [0.717, 1.165) is 24.4 Å². The summed E-state index contributed by atoms with van der Waals surface area (Å²) in [6, 6.07) is 5.41. The SMILES string of the molecule is CCCCN1C(C)=CS/C1=C\C(=O)c1cc(OCC)ccc1OCC. The molecule has 0 radical (unpaired) electrons. The fourth-order valence-electron chi connectivity index (χ4n) is 2.59. The molecule has 0 spiro atoms. The monoisotopic (exact) mass is 361 g/mol. The Bertz CT molecular complexity index is 667. The maximum absolute atomic E-state index is 12.9. The van der Waals surface area contributed by atoms with Gasteiger partial charge in [-0.1, -0.05) is 25.1 Å². The van der Waals surface area contributed by atoms with Crippen LogP contribution in [-0.4, -0.2) is 30.4 Å². The number of hydrogen-bond donors (Lipinski definition) is 0. The Morgan fingerprint density at radius 2 is 1.96 bits per heavy atom. The van der Waals surface area contributed by atoms with E-state index in [0.29, 0.717) is 30.3 Å². The molecule has 5 heteroatoms. The molecule has 0 amide bonds. The Hall–Kier alpha value is -1.88. The zero-order chi connectivity index (χ0) is 18.2. The topological polar surface area (TPSA) is 38.8 Å². The van der Waals surface area contributed by atoms with Gasteiger partial charge in [-0.15, -0.1) is 0 Å². The molecular formula is C20H27NO3S. The molecule has 1 aliphatic rings. The first-order chi connectivity index (χ1) is 12.1. The van der Waals surface area contributed by atoms with E-state index in [2.05, 4.69) is 24.2 Å². The quantitative estimate of drug-likeness (QED) is 0.445. The lowest BCUT2D eigenvalue weighted by Crippen LogP contribution is -2.18. The van der Waals surface area contributed by atoms with Crippen LogP contribution >= 0.6 is 11.8 Å². The van der Waals surface area contributed by atoms with Crippen LogP contribution in [0, 0.1) is 0 Å². The summed E-state index contributed by atoms with van der Waals surface area (Å²) in [7, 11) is 0. The molecule has 0 saturated carbocycles. The molecule has 0 aromatic heterocycles. The number of hydrogen-bond acceptors (Lipinski definition) is 5. The number of carbonyl (C=O) groups is 1. The zero-order valence-electron chi connectivity index (χ0n) is 15.5. The molecule has 136 valence electrons. The Morgan fingerprint density at radius 3 is 2.64 bits per heavy atom. The van der Waals surface area contributed by atoms with Gasteiger partial charge in [-0.3, -0.25) is 4.79 Å². The number of nitrogens with zero attached hydrogens (tertiary/aromatic N) is 1. The summed E-state index contributed by atoms with van der Waals surface area (Å²) in [5.74, 6) is 1.22. The minimum absolute atomic E-state index is 0.0582. The van der Waals surface area contributed by atoms with Crippen molar-refractivity contribution < 1.29 is 14.3 Å². The molecule has 1 aromatic carbocycles. The Labute approximate surface area is 154 Å². The van der Waals surface area contributed by atoms with E-state index in [1.807, 2.05) is 19.9 Å². The lowest BCUT2D eigenvalue weighted by molar-refractivity contribution is 0.104. The summed E-state index contributed by atoms with van der Waals surface area (Å²) in [4.78, 5) is 15.1. The van der Waals surface area contributed by atoms with Gasteiger partial charge in [-0.05, 0) is 50.8 Å². The Kier molecular flexibility index (Phi) is 7.44. The van der Waals surface area contributed by atoms with Crippen LogP contribution < -0.4 is 9.47 Å². The van der Waals surface area contributed by atoms with Gasteiger partial charge in [-0.2, -0.15) is 0 Å². The number of allylic oxidation sites excluding steroid dienone is 2. The molecule has 1 aromatic rings. The van der Waals surface area contributed by atoms with E-state index in [9.17, 15) is 4.79 Å². The van der Waals surface area contributed by atoms with Crippen molar-refractivity contribution in [3.05, 3.63) is 46.0 Å². The highest BCUT2D eigenvalue weighted by Crippen LogP contribution is 2.35. The van der Waals surface area contributed by atoms with Crippen molar-refractivity contribution >= 4 is 17.5 Å². The summed E-state index contributed by atoms with van der Waals surface area (Å²) in [5, 5.41) is 3.06. The molecule has 25 heavy (non-hydrogen) atoms. The largest absolute Gasteiger partial charge is 0.494 e. The van der Waals surface area contributed by atoms with Gasteiger partial charge in [-0.25, -0.2) is 0 Å². The third kappa shape index (κ3) is 5.05. The smallest absolute Gasteiger partial charge is 0.192 e. The van der Waals surface area contributed by atoms with Gasteiger partial charge in [0.25, 0.3) is 0 Å². The van der Waals surface area contributed by atoms with Crippen LogP contribution in [0.15, 0.2) is 40.4 Å². The predicted molar refractivity (Wildman–Crippen MR) is 104 cm³/mol. The maximum atomic E-state index is 12.9. The molecule has 0 fully saturated rings. The normalized spacial score (nSPS) is 15.4. The van der Waals surface area contributed by atoms with Crippen molar-refractivity contribution in [3.8, 4) is 11.5 Å². The van der Waals surface area contributed by atoms with E-state index in [-0.39, 0.29) is 5.78 Å². The predicted octanol–water partition coefficient (Wildman–Crippen LogP) is 5.22. The lowest BCUT2D eigenvalue weighted by Gasteiger charge is -2.21. The highest BCUT2D eigenvalue weighted by molar-refractivity contribution is 8.06. The molecule has 0 atom stereocenters. The van der Waals surface area contributed by atoms with E-state index in [1.165, 1.54) is 5.70 Å².